The van der Waals surface area contributed by atoms with E-state index in [2.05, 4.69) is 12.2 Å². The molecule has 2 rings (SSSR count). The third-order valence-corrected chi connectivity index (χ3v) is 3.41. The standard InChI is InChI=1S/C14H16FN3O/c1-10-4-6-18(7-5-10)14(19)17-12-2-3-13(15)11(8-12)9-16/h2-3,8,10H,4-7H2,1H3,(H,17,19). The van der Waals surface area contributed by atoms with E-state index in [4.69, 9.17) is 5.26 Å². The number of amides is 2. The monoisotopic (exact) mass is 261 g/mol. The summed E-state index contributed by atoms with van der Waals surface area (Å²) in [5, 5.41) is 11.4. The number of nitrogens with one attached hydrogen (secondary N) is 1. The fraction of sp³-hybridized carbons (Fsp3) is 0.429. The van der Waals surface area contributed by atoms with E-state index in [1.165, 1.54) is 18.2 Å². The van der Waals surface area contributed by atoms with Crippen LogP contribution in [0.15, 0.2) is 18.2 Å². The third kappa shape index (κ3) is 3.22. The zero-order chi connectivity index (χ0) is 13.8. The van der Waals surface area contributed by atoms with Crippen LogP contribution in [-0.2, 0) is 0 Å². The molecule has 100 valence electrons. The molecule has 1 aromatic rings. The third-order valence-electron chi connectivity index (χ3n) is 3.41. The largest absolute Gasteiger partial charge is 0.325 e. The molecule has 0 bridgehead atoms. The number of piperidine rings is 1. The van der Waals surface area contributed by atoms with Crippen LogP contribution in [0, 0.1) is 23.1 Å². The maximum Gasteiger partial charge on any atom is 0.321 e. The van der Waals surface area contributed by atoms with Crippen LogP contribution in [0.5, 0.6) is 0 Å². The van der Waals surface area contributed by atoms with E-state index in [0.717, 1.165) is 25.9 Å². The van der Waals surface area contributed by atoms with Crippen molar-refractivity contribution in [2.24, 2.45) is 5.92 Å². The van der Waals surface area contributed by atoms with Gasteiger partial charge in [0.15, 0.2) is 0 Å². The summed E-state index contributed by atoms with van der Waals surface area (Å²) < 4.78 is 13.2. The van der Waals surface area contributed by atoms with Gasteiger partial charge in [0.25, 0.3) is 0 Å². The molecule has 0 aromatic heterocycles. The highest BCUT2D eigenvalue weighted by Crippen LogP contribution is 2.18. The van der Waals surface area contributed by atoms with Crippen LogP contribution in [0.3, 0.4) is 0 Å². The van der Waals surface area contributed by atoms with Crippen molar-refractivity contribution < 1.29 is 9.18 Å². The highest BCUT2D eigenvalue weighted by atomic mass is 19.1. The van der Waals surface area contributed by atoms with E-state index < -0.39 is 5.82 Å². The van der Waals surface area contributed by atoms with Gasteiger partial charge >= 0.3 is 6.03 Å². The van der Waals surface area contributed by atoms with Gasteiger partial charge in [0.05, 0.1) is 5.56 Å². The molecule has 5 heteroatoms. The van der Waals surface area contributed by atoms with Crippen molar-refractivity contribution in [2.75, 3.05) is 18.4 Å². The van der Waals surface area contributed by atoms with Crippen LogP contribution in [0.4, 0.5) is 14.9 Å². The molecule has 1 heterocycles. The Bertz CT molecular complexity index is 516. The molecule has 2 amide bonds. The van der Waals surface area contributed by atoms with E-state index in [0.29, 0.717) is 11.6 Å². The van der Waals surface area contributed by atoms with Gasteiger partial charge in [0.1, 0.15) is 11.9 Å². The molecule has 19 heavy (non-hydrogen) atoms. The van der Waals surface area contributed by atoms with Crippen LogP contribution >= 0.6 is 0 Å². The minimum absolute atomic E-state index is 0.0648. The summed E-state index contributed by atoms with van der Waals surface area (Å²) in [7, 11) is 0. The van der Waals surface area contributed by atoms with Crippen LogP contribution < -0.4 is 5.32 Å². The van der Waals surface area contributed by atoms with E-state index in [9.17, 15) is 9.18 Å². The van der Waals surface area contributed by atoms with Crippen molar-refractivity contribution in [1.82, 2.24) is 4.90 Å². The fourth-order valence-electron chi connectivity index (χ4n) is 2.10. The molecule has 1 aliphatic heterocycles. The number of anilines is 1. The maximum atomic E-state index is 13.2. The Labute approximate surface area is 111 Å². The number of hydrogen-bond acceptors (Lipinski definition) is 2. The zero-order valence-corrected chi connectivity index (χ0v) is 10.8. The Morgan fingerprint density at radius 2 is 2.16 bits per heavy atom. The molecule has 0 unspecified atom stereocenters. The molecule has 0 saturated carbocycles. The number of rotatable bonds is 1. The quantitative estimate of drug-likeness (QED) is 0.845. The number of likely N-dealkylation sites (tertiary alicyclic amines) is 1. The number of halogens is 1. The average Bonchev–Trinajstić information content (AvgIpc) is 2.41. The van der Waals surface area contributed by atoms with Crippen molar-refractivity contribution >= 4 is 11.7 Å². The Balaban J connectivity index is 2.01. The lowest BCUT2D eigenvalue weighted by molar-refractivity contribution is 0.186. The summed E-state index contributed by atoms with van der Waals surface area (Å²) in [6.07, 6.45) is 2.00. The highest BCUT2D eigenvalue weighted by Gasteiger charge is 2.20. The first-order chi connectivity index (χ1) is 9.10. The predicted molar refractivity (Wildman–Crippen MR) is 70.1 cm³/mol. The maximum absolute atomic E-state index is 13.2. The Kier molecular flexibility index (Phi) is 4.00. The summed E-state index contributed by atoms with van der Waals surface area (Å²) in [6, 6.07) is 5.56. The van der Waals surface area contributed by atoms with Gasteiger partial charge in [-0.15, -0.1) is 0 Å². The zero-order valence-electron chi connectivity index (χ0n) is 10.8. The lowest BCUT2D eigenvalue weighted by Gasteiger charge is -2.30. The van der Waals surface area contributed by atoms with Crippen LogP contribution in [0.25, 0.3) is 0 Å². The van der Waals surface area contributed by atoms with Crippen molar-refractivity contribution in [3.05, 3.63) is 29.6 Å². The number of carbonyl (C=O) groups is 1. The van der Waals surface area contributed by atoms with E-state index in [-0.39, 0.29) is 11.6 Å². The van der Waals surface area contributed by atoms with Gasteiger partial charge in [-0.2, -0.15) is 5.26 Å². The lowest BCUT2D eigenvalue weighted by Crippen LogP contribution is -2.40. The normalized spacial score (nSPS) is 15.9. The van der Waals surface area contributed by atoms with Crippen molar-refractivity contribution in [1.29, 1.82) is 5.26 Å². The fourth-order valence-corrected chi connectivity index (χ4v) is 2.10. The van der Waals surface area contributed by atoms with E-state index in [1.807, 2.05) is 0 Å². The summed E-state index contributed by atoms with van der Waals surface area (Å²) in [5.41, 5.74) is 0.381. The molecular weight excluding hydrogens is 245 g/mol. The van der Waals surface area contributed by atoms with Gasteiger partial charge in [-0.25, -0.2) is 9.18 Å². The van der Waals surface area contributed by atoms with Gasteiger partial charge in [-0.3, -0.25) is 0 Å². The first-order valence-corrected chi connectivity index (χ1v) is 6.35. The highest BCUT2D eigenvalue weighted by molar-refractivity contribution is 5.89. The second-order valence-corrected chi connectivity index (χ2v) is 4.91. The number of hydrogen-bond donors (Lipinski definition) is 1. The molecule has 0 aliphatic carbocycles. The molecule has 1 aromatic carbocycles. The number of nitrogens with zero attached hydrogens (tertiary/aromatic N) is 2. The van der Waals surface area contributed by atoms with Crippen molar-refractivity contribution in [2.45, 2.75) is 19.8 Å². The molecule has 1 N–H and O–H groups in total. The molecule has 4 nitrogen and oxygen atoms in total. The second kappa shape index (κ2) is 5.70. The molecule has 0 atom stereocenters. The Hall–Kier alpha value is -2.09. The Morgan fingerprint density at radius 3 is 2.79 bits per heavy atom. The second-order valence-electron chi connectivity index (χ2n) is 4.91. The summed E-state index contributed by atoms with van der Waals surface area (Å²) in [5.74, 6) is 0.0763. The van der Waals surface area contributed by atoms with Crippen LogP contribution in [0.2, 0.25) is 0 Å². The molecular formula is C14H16FN3O. The van der Waals surface area contributed by atoms with Gasteiger partial charge in [-0.05, 0) is 37.0 Å². The lowest BCUT2D eigenvalue weighted by atomic mass is 10.00. The molecule has 1 aliphatic rings. The van der Waals surface area contributed by atoms with Gasteiger partial charge in [-0.1, -0.05) is 6.92 Å². The smallest absolute Gasteiger partial charge is 0.321 e. The van der Waals surface area contributed by atoms with Crippen LogP contribution in [-0.4, -0.2) is 24.0 Å². The van der Waals surface area contributed by atoms with Crippen molar-refractivity contribution in [3.63, 3.8) is 0 Å². The summed E-state index contributed by atoms with van der Waals surface area (Å²) in [4.78, 5) is 13.7. The van der Waals surface area contributed by atoms with Crippen LogP contribution in [0.1, 0.15) is 25.3 Å². The first kappa shape index (κ1) is 13.3. The Morgan fingerprint density at radius 1 is 1.47 bits per heavy atom. The number of benzene rings is 1. The molecule has 1 fully saturated rings. The van der Waals surface area contributed by atoms with Crippen molar-refractivity contribution in [3.8, 4) is 6.07 Å². The molecule has 0 spiro atoms. The number of urea groups is 1. The SMILES string of the molecule is CC1CCN(C(=O)Nc2ccc(F)c(C#N)c2)CC1. The summed E-state index contributed by atoms with van der Waals surface area (Å²) in [6.45, 7) is 3.65. The average molecular weight is 261 g/mol. The van der Waals surface area contributed by atoms with Gasteiger partial charge < -0.3 is 10.2 Å². The topological polar surface area (TPSA) is 56.1 Å². The van der Waals surface area contributed by atoms with E-state index in [1.54, 1.807) is 11.0 Å². The number of carbonyl (C=O) groups excluding carboxylic acids is 1. The van der Waals surface area contributed by atoms with E-state index >= 15 is 0 Å². The van der Waals surface area contributed by atoms with Gasteiger partial charge in [0, 0.05) is 18.8 Å². The molecule has 0 radical (unpaired) electrons. The predicted octanol–water partition coefficient (Wildman–Crippen LogP) is 2.96. The summed E-state index contributed by atoms with van der Waals surface area (Å²) >= 11 is 0. The van der Waals surface area contributed by atoms with Gasteiger partial charge in [0.2, 0.25) is 0 Å². The first-order valence-electron chi connectivity index (χ1n) is 6.35. The molecule has 1 saturated heterocycles. The minimum atomic E-state index is -0.577. The number of nitriles is 1. The minimum Gasteiger partial charge on any atom is -0.325 e.